The number of rotatable bonds is 7. The second-order valence-corrected chi connectivity index (χ2v) is 8.65. The van der Waals surface area contributed by atoms with E-state index in [9.17, 15) is 24.3 Å². The van der Waals surface area contributed by atoms with Gasteiger partial charge in [0.25, 0.3) is 0 Å². The summed E-state index contributed by atoms with van der Waals surface area (Å²) in [6, 6.07) is 8.57. The number of carbonyl (C=O) groups excluding carboxylic acids is 4. The first-order valence-electron chi connectivity index (χ1n) is 11.5. The van der Waals surface area contributed by atoms with Crippen LogP contribution in [0.25, 0.3) is 10.8 Å². The van der Waals surface area contributed by atoms with Crippen molar-refractivity contribution in [1.29, 1.82) is 0 Å². The van der Waals surface area contributed by atoms with Crippen LogP contribution < -0.4 is 0 Å². The third-order valence-electron chi connectivity index (χ3n) is 6.03. The number of carbonyl (C=O) groups is 4. The Kier molecular flexibility index (Phi) is 8.52. The maximum atomic E-state index is 12.0. The van der Waals surface area contributed by atoms with Gasteiger partial charge in [-0.3, -0.25) is 19.2 Å². The van der Waals surface area contributed by atoms with Gasteiger partial charge in [-0.2, -0.15) is 0 Å². The van der Waals surface area contributed by atoms with Crippen molar-refractivity contribution in [3.8, 4) is 5.75 Å². The molecule has 1 N–H and O–H groups in total. The molecule has 10 heteroatoms. The Hall–Kier alpha value is -3.66. The topological polar surface area (TPSA) is 135 Å². The molecular formula is C26H30O10. The summed E-state index contributed by atoms with van der Waals surface area (Å²) >= 11 is 0. The lowest BCUT2D eigenvalue weighted by molar-refractivity contribution is -0.216. The van der Waals surface area contributed by atoms with Crippen molar-refractivity contribution in [3.63, 3.8) is 0 Å². The van der Waals surface area contributed by atoms with E-state index in [0.717, 1.165) is 10.9 Å². The molecule has 2 aromatic rings. The molecule has 0 aliphatic carbocycles. The summed E-state index contributed by atoms with van der Waals surface area (Å²) in [6.07, 6.45) is -3.63. The van der Waals surface area contributed by atoms with E-state index in [1.54, 1.807) is 25.1 Å². The van der Waals surface area contributed by atoms with Crippen molar-refractivity contribution in [2.45, 2.75) is 64.4 Å². The lowest BCUT2D eigenvalue weighted by Crippen LogP contribution is -2.51. The number of hydrogen-bond donors (Lipinski definition) is 1. The number of ether oxygens (including phenoxy) is 5. The summed E-state index contributed by atoms with van der Waals surface area (Å²) in [6.45, 7) is 5.15. The van der Waals surface area contributed by atoms with Gasteiger partial charge in [-0.05, 0) is 29.3 Å². The fraction of sp³-hybridized carbons (Fsp3) is 0.462. The Labute approximate surface area is 208 Å². The summed E-state index contributed by atoms with van der Waals surface area (Å²) in [7, 11) is 1.32. The average Bonchev–Trinajstić information content (AvgIpc) is 2.82. The molecule has 1 saturated heterocycles. The number of phenolic OH excluding ortho intramolecular Hbond substituents is 1. The first-order valence-corrected chi connectivity index (χ1v) is 11.5. The van der Waals surface area contributed by atoms with Gasteiger partial charge in [0.15, 0.2) is 6.10 Å². The molecule has 36 heavy (non-hydrogen) atoms. The van der Waals surface area contributed by atoms with Crippen LogP contribution >= 0.6 is 0 Å². The van der Waals surface area contributed by atoms with Gasteiger partial charge in [0.2, 0.25) is 0 Å². The molecule has 0 saturated carbocycles. The van der Waals surface area contributed by atoms with Gasteiger partial charge in [0.05, 0.1) is 19.1 Å². The van der Waals surface area contributed by atoms with Crippen LogP contribution in [0.3, 0.4) is 0 Å². The minimum absolute atomic E-state index is 0.0555. The SMILES string of the molecule is COC(=O)[C@@H](C)c1ccc2c(C3C[C@@H](OC(C)=O)C(OC(C)=O)[C@@H](COC(C)=O)O3)c(O)ccc2c1. The van der Waals surface area contributed by atoms with Gasteiger partial charge in [-0.25, -0.2) is 0 Å². The van der Waals surface area contributed by atoms with Crippen LogP contribution in [0.5, 0.6) is 5.75 Å². The lowest BCUT2D eigenvalue weighted by atomic mass is 9.89. The smallest absolute Gasteiger partial charge is 0.312 e. The highest BCUT2D eigenvalue weighted by Crippen LogP contribution is 2.42. The van der Waals surface area contributed by atoms with Crippen LogP contribution in [0, 0.1) is 0 Å². The Morgan fingerprint density at radius 2 is 1.72 bits per heavy atom. The molecule has 0 radical (unpaired) electrons. The molecule has 1 aliphatic heterocycles. The normalized spacial score (nSPS) is 22.4. The highest BCUT2D eigenvalue weighted by Gasteiger charge is 2.45. The van der Waals surface area contributed by atoms with E-state index in [4.69, 9.17) is 23.7 Å². The van der Waals surface area contributed by atoms with Gasteiger partial charge >= 0.3 is 23.9 Å². The van der Waals surface area contributed by atoms with Crippen LogP contribution in [0.1, 0.15) is 57.3 Å². The molecule has 0 spiro atoms. The fourth-order valence-corrected chi connectivity index (χ4v) is 4.40. The molecule has 2 aromatic carbocycles. The standard InChI is InChI=1S/C26H30O10/c1-13(26(31)32-5)17-6-8-19-18(10-17)7-9-20(30)24(19)21-11-22(34-15(3)28)25(35-16(4)29)23(36-21)12-33-14(2)27/h6-10,13,21-23,25,30H,11-12H2,1-5H3/t13-,21?,22+,23+,25?/m0/s1. The summed E-state index contributed by atoms with van der Waals surface area (Å²) < 4.78 is 27.0. The monoisotopic (exact) mass is 502 g/mol. The number of hydrogen-bond acceptors (Lipinski definition) is 10. The summed E-state index contributed by atoms with van der Waals surface area (Å²) in [4.78, 5) is 47.1. The van der Waals surface area contributed by atoms with Gasteiger partial charge in [0.1, 0.15) is 24.6 Å². The van der Waals surface area contributed by atoms with Gasteiger partial charge in [-0.15, -0.1) is 0 Å². The molecule has 5 atom stereocenters. The Morgan fingerprint density at radius 1 is 1.03 bits per heavy atom. The van der Waals surface area contributed by atoms with Gasteiger partial charge in [0, 0.05) is 32.8 Å². The van der Waals surface area contributed by atoms with Crippen molar-refractivity contribution in [1.82, 2.24) is 0 Å². The molecule has 2 unspecified atom stereocenters. The summed E-state index contributed by atoms with van der Waals surface area (Å²) in [5, 5.41) is 12.2. The molecule has 3 rings (SSSR count). The zero-order chi connectivity index (χ0) is 26.6. The van der Waals surface area contributed by atoms with Crippen molar-refractivity contribution < 1.29 is 48.0 Å². The Morgan fingerprint density at radius 3 is 2.33 bits per heavy atom. The number of esters is 4. The maximum absolute atomic E-state index is 12.0. The first-order chi connectivity index (χ1) is 17.0. The number of methoxy groups -OCH3 is 1. The molecule has 0 aromatic heterocycles. The Balaban J connectivity index is 2.05. The minimum Gasteiger partial charge on any atom is -0.508 e. The van der Waals surface area contributed by atoms with Crippen molar-refractivity contribution >= 4 is 34.6 Å². The second-order valence-electron chi connectivity index (χ2n) is 8.65. The zero-order valence-electron chi connectivity index (χ0n) is 20.8. The number of phenols is 1. The molecule has 1 heterocycles. The predicted molar refractivity (Wildman–Crippen MR) is 126 cm³/mol. The van der Waals surface area contributed by atoms with E-state index in [-0.39, 0.29) is 24.7 Å². The number of benzene rings is 2. The van der Waals surface area contributed by atoms with E-state index in [2.05, 4.69) is 0 Å². The van der Waals surface area contributed by atoms with E-state index in [0.29, 0.717) is 10.9 Å². The predicted octanol–water partition coefficient (Wildman–Crippen LogP) is 3.08. The molecule has 1 aliphatic rings. The number of fused-ring (bicyclic) bond motifs is 1. The van der Waals surface area contributed by atoms with Crippen LogP contribution in [-0.2, 0) is 42.9 Å². The quantitative estimate of drug-likeness (QED) is 0.444. The lowest BCUT2D eigenvalue weighted by Gasteiger charge is -2.40. The average molecular weight is 503 g/mol. The fourth-order valence-electron chi connectivity index (χ4n) is 4.40. The maximum Gasteiger partial charge on any atom is 0.312 e. The summed E-state index contributed by atoms with van der Waals surface area (Å²) in [5.41, 5.74) is 1.16. The third-order valence-corrected chi connectivity index (χ3v) is 6.03. The van der Waals surface area contributed by atoms with Crippen LogP contribution in [0.15, 0.2) is 30.3 Å². The van der Waals surface area contributed by atoms with Gasteiger partial charge in [-0.1, -0.05) is 24.3 Å². The second kappa shape index (κ2) is 11.4. The van der Waals surface area contributed by atoms with E-state index in [1.807, 2.05) is 6.07 Å². The minimum atomic E-state index is -1.02. The molecule has 1 fully saturated rings. The molecular weight excluding hydrogens is 472 g/mol. The van der Waals surface area contributed by atoms with Crippen molar-refractivity contribution in [3.05, 3.63) is 41.5 Å². The molecule has 10 nitrogen and oxygen atoms in total. The highest BCUT2D eigenvalue weighted by molar-refractivity contribution is 5.90. The molecule has 0 amide bonds. The highest BCUT2D eigenvalue weighted by atomic mass is 16.6. The van der Waals surface area contributed by atoms with Crippen LogP contribution in [0.4, 0.5) is 0 Å². The van der Waals surface area contributed by atoms with Gasteiger partial charge < -0.3 is 28.8 Å². The van der Waals surface area contributed by atoms with E-state index >= 15 is 0 Å². The third kappa shape index (κ3) is 6.12. The summed E-state index contributed by atoms with van der Waals surface area (Å²) in [5.74, 6) is -2.70. The van der Waals surface area contributed by atoms with Crippen LogP contribution in [0.2, 0.25) is 0 Å². The first kappa shape index (κ1) is 26.9. The molecule has 194 valence electrons. The van der Waals surface area contributed by atoms with E-state index in [1.165, 1.54) is 33.9 Å². The molecule has 0 bridgehead atoms. The Bertz CT molecular complexity index is 1160. The number of aromatic hydroxyl groups is 1. The zero-order valence-corrected chi connectivity index (χ0v) is 20.8. The van der Waals surface area contributed by atoms with Crippen molar-refractivity contribution in [2.75, 3.05) is 13.7 Å². The van der Waals surface area contributed by atoms with E-state index < -0.39 is 48.2 Å². The van der Waals surface area contributed by atoms with Crippen LogP contribution in [-0.4, -0.2) is 61.0 Å². The largest absolute Gasteiger partial charge is 0.508 e. The van der Waals surface area contributed by atoms with Crippen molar-refractivity contribution in [2.24, 2.45) is 0 Å².